The third kappa shape index (κ3) is 3.83. The molecule has 5 heteroatoms. The Hall–Kier alpha value is -1.04. The van der Waals surface area contributed by atoms with Gasteiger partial charge >= 0.3 is 0 Å². The van der Waals surface area contributed by atoms with E-state index < -0.39 is 0 Å². The summed E-state index contributed by atoms with van der Waals surface area (Å²) >= 11 is 1.94. The van der Waals surface area contributed by atoms with Gasteiger partial charge < -0.3 is 10.2 Å². The maximum Gasteiger partial charge on any atom is 0.239 e. The first kappa shape index (κ1) is 15.8. The summed E-state index contributed by atoms with van der Waals surface area (Å²) < 4.78 is 0. The fraction of sp³-hybridized carbons (Fsp3) is 0.588. The van der Waals surface area contributed by atoms with Crippen LogP contribution in [-0.4, -0.2) is 66.0 Å². The summed E-state index contributed by atoms with van der Waals surface area (Å²) in [6.07, 6.45) is 0.922. The van der Waals surface area contributed by atoms with Gasteiger partial charge in [-0.3, -0.25) is 9.69 Å². The van der Waals surface area contributed by atoms with E-state index in [-0.39, 0.29) is 6.04 Å². The molecule has 1 amide bonds. The molecule has 3 rings (SSSR count). The first-order chi connectivity index (χ1) is 10.7. The minimum Gasteiger partial charge on any atom is -0.340 e. The normalized spacial score (nSPS) is 25.6. The second-order valence-corrected chi connectivity index (χ2v) is 7.41. The molecular weight excluding hydrogens is 294 g/mol. The van der Waals surface area contributed by atoms with Crippen molar-refractivity contribution in [2.75, 3.05) is 38.2 Å². The average molecular weight is 319 g/mol. The standard InChI is InChI=1S/C17H25N3OS/c1-19(13-14-5-3-2-4-6-14)15-11-16(18-12-15)17(21)20-7-9-22-10-8-20/h2-6,15-16,18H,7-13H2,1H3/t15-,16-/m0/s1. The van der Waals surface area contributed by atoms with Crippen LogP contribution in [0.5, 0.6) is 0 Å². The van der Waals surface area contributed by atoms with E-state index in [4.69, 9.17) is 0 Å². The van der Waals surface area contributed by atoms with E-state index in [0.29, 0.717) is 11.9 Å². The third-order valence-corrected chi connectivity index (χ3v) is 5.57. The Kier molecular flexibility index (Phi) is 5.39. The van der Waals surface area contributed by atoms with Crippen LogP contribution in [0.2, 0.25) is 0 Å². The number of hydrogen-bond donors (Lipinski definition) is 1. The second kappa shape index (κ2) is 7.49. The first-order valence-corrected chi connectivity index (χ1v) is 9.23. The van der Waals surface area contributed by atoms with Crippen molar-refractivity contribution < 1.29 is 4.79 Å². The smallest absolute Gasteiger partial charge is 0.239 e. The average Bonchev–Trinajstić information content (AvgIpc) is 3.06. The zero-order valence-electron chi connectivity index (χ0n) is 13.2. The molecule has 22 heavy (non-hydrogen) atoms. The number of nitrogens with one attached hydrogen (secondary N) is 1. The highest BCUT2D eigenvalue weighted by Gasteiger charge is 2.34. The van der Waals surface area contributed by atoms with E-state index in [1.807, 2.05) is 22.7 Å². The van der Waals surface area contributed by atoms with Crippen molar-refractivity contribution in [3.63, 3.8) is 0 Å². The molecule has 1 N–H and O–H groups in total. The van der Waals surface area contributed by atoms with Crippen LogP contribution in [0.3, 0.4) is 0 Å². The number of hydrogen-bond acceptors (Lipinski definition) is 4. The molecule has 0 unspecified atom stereocenters. The zero-order chi connectivity index (χ0) is 15.4. The van der Waals surface area contributed by atoms with E-state index in [2.05, 4.69) is 41.5 Å². The minimum absolute atomic E-state index is 0.00585. The minimum atomic E-state index is 0.00585. The van der Waals surface area contributed by atoms with Crippen LogP contribution >= 0.6 is 11.8 Å². The first-order valence-electron chi connectivity index (χ1n) is 8.08. The van der Waals surface area contributed by atoms with Crippen molar-refractivity contribution in [2.45, 2.75) is 25.0 Å². The molecule has 2 aliphatic heterocycles. The van der Waals surface area contributed by atoms with E-state index in [1.54, 1.807) is 0 Å². The molecule has 0 bridgehead atoms. The van der Waals surface area contributed by atoms with E-state index in [0.717, 1.165) is 44.1 Å². The topological polar surface area (TPSA) is 35.6 Å². The van der Waals surface area contributed by atoms with Gasteiger partial charge in [0.2, 0.25) is 5.91 Å². The van der Waals surface area contributed by atoms with Crippen LogP contribution in [0.4, 0.5) is 0 Å². The molecule has 2 atom stereocenters. The maximum absolute atomic E-state index is 12.6. The van der Waals surface area contributed by atoms with Gasteiger partial charge in [0.1, 0.15) is 0 Å². The van der Waals surface area contributed by atoms with Gasteiger partial charge in [-0.15, -0.1) is 0 Å². The van der Waals surface area contributed by atoms with Crippen LogP contribution in [0, 0.1) is 0 Å². The van der Waals surface area contributed by atoms with Crippen LogP contribution in [0.25, 0.3) is 0 Å². The summed E-state index contributed by atoms with van der Waals surface area (Å²) in [4.78, 5) is 17.0. The number of benzene rings is 1. The van der Waals surface area contributed by atoms with Gasteiger partial charge in [-0.05, 0) is 19.0 Å². The third-order valence-electron chi connectivity index (χ3n) is 4.63. The van der Waals surface area contributed by atoms with Crippen molar-refractivity contribution >= 4 is 17.7 Å². The molecule has 0 radical (unpaired) electrons. The molecule has 2 heterocycles. The molecule has 0 aromatic heterocycles. The molecule has 0 aliphatic carbocycles. The lowest BCUT2D eigenvalue weighted by Gasteiger charge is -2.29. The summed E-state index contributed by atoms with van der Waals surface area (Å²) in [5.74, 6) is 2.46. The molecule has 2 aliphatic rings. The Morgan fingerprint density at radius 1 is 1.32 bits per heavy atom. The molecule has 0 spiro atoms. The lowest BCUT2D eigenvalue weighted by Crippen LogP contribution is -2.46. The molecule has 1 aromatic rings. The largest absolute Gasteiger partial charge is 0.340 e. The van der Waals surface area contributed by atoms with Crippen molar-refractivity contribution in [1.29, 1.82) is 0 Å². The number of thioether (sulfide) groups is 1. The van der Waals surface area contributed by atoms with Crippen molar-refractivity contribution in [3.8, 4) is 0 Å². The van der Waals surface area contributed by atoms with Gasteiger partial charge in [0.05, 0.1) is 6.04 Å². The van der Waals surface area contributed by atoms with Crippen LogP contribution in [0.1, 0.15) is 12.0 Å². The highest BCUT2D eigenvalue weighted by molar-refractivity contribution is 7.99. The van der Waals surface area contributed by atoms with E-state index in [1.165, 1.54) is 5.56 Å². The van der Waals surface area contributed by atoms with Crippen LogP contribution in [-0.2, 0) is 11.3 Å². The Bertz CT molecular complexity index is 490. The van der Waals surface area contributed by atoms with E-state index in [9.17, 15) is 4.79 Å². The Morgan fingerprint density at radius 2 is 2.05 bits per heavy atom. The monoisotopic (exact) mass is 319 g/mol. The lowest BCUT2D eigenvalue weighted by molar-refractivity contribution is -0.132. The van der Waals surface area contributed by atoms with Gasteiger partial charge in [0.25, 0.3) is 0 Å². The predicted molar refractivity (Wildman–Crippen MR) is 92.0 cm³/mol. The molecule has 2 saturated heterocycles. The van der Waals surface area contributed by atoms with Gasteiger partial charge in [-0.25, -0.2) is 0 Å². The van der Waals surface area contributed by atoms with E-state index >= 15 is 0 Å². The quantitative estimate of drug-likeness (QED) is 0.911. The summed E-state index contributed by atoms with van der Waals surface area (Å²) in [7, 11) is 2.16. The van der Waals surface area contributed by atoms with Gasteiger partial charge in [0, 0.05) is 43.7 Å². The summed E-state index contributed by atoms with van der Waals surface area (Å²) in [6, 6.07) is 11.0. The Balaban J connectivity index is 1.52. The SMILES string of the molecule is CN(Cc1ccccc1)[C@@H]1CN[C@H](C(=O)N2CCSCC2)C1. The molecule has 120 valence electrons. The number of carbonyl (C=O) groups is 1. The van der Waals surface area contributed by atoms with Crippen LogP contribution in [0.15, 0.2) is 30.3 Å². The molecule has 4 nitrogen and oxygen atoms in total. The van der Waals surface area contributed by atoms with Crippen molar-refractivity contribution in [3.05, 3.63) is 35.9 Å². The maximum atomic E-state index is 12.6. The molecular formula is C17H25N3OS. The number of nitrogens with zero attached hydrogens (tertiary/aromatic N) is 2. The number of carbonyl (C=O) groups excluding carboxylic acids is 1. The van der Waals surface area contributed by atoms with Crippen LogP contribution < -0.4 is 5.32 Å². The molecule has 1 aromatic carbocycles. The van der Waals surface area contributed by atoms with Crippen molar-refractivity contribution in [2.24, 2.45) is 0 Å². The zero-order valence-corrected chi connectivity index (χ0v) is 14.0. The lowest BCUT2D eigenvalue weighted by atomic mass is 10.1. The Morgan fingerprint density at radius 3 is 2.77 bits per heavy atom. The van der Waals surface area contributed by atoms with Gasteiger partial charge in [-0.1, -0.05) is 30.3 Å². The fourth-order valence-corrected chi connectivity index (χ4v) is 4.15. The number of rotatable bonds is 4. The number of likely N-dealkylation sites (N-methyl/N-ethyl adjacent to an activating group) is 1. The summed E-state index contributed by atoms with van der Waals surface area (Å²) in [5, 5.41) is 3.43. The fourth-order valence-electron chi connectivity index (χ4n) is 3.25. The Labute approximate surface area is 137 Å². The van der Waals surface area contributed by atoms with Crippen molar-refractivity contribution in [1.82, 2.24) is 15.1 Å². The predicted octanol–water partition coefficient (Wildman–Crippen LogP) is 1.42. The highest BCUT2D eigenvalue weighted by atomic mass is 32.2. The summed E-state index contributed by atoms with van der Waals surface area (Å²) in [6.45, 7) is 3.66. The van der Waals surface area contributed by atoms with Gasteiger partial charge in [0.15, 0.2) is 0 Å². The highest BCUT2D eigenvalue weighted by Crippen LogP contribution is 2.18. The van der Waals surface area contributed by atoms with Gasteiger partial charge in [-0.2, -0.15) is 11.8 Å². The number of amides is 1. The second-order valence-electron chi connectivity index (χ2n) is 6.19. The summed E-state index contributed by atoms with van der Waals surface area (Å²) in [5.41, 5.74) is 1.33. The molecule has 2 fully saturated rings. The molecule has 0 saturated carbocycles.